The zero-order chi connectivity index (χ0) is 27.5. The summed E-state index contributed by atoms with van der Waals surface area (Å²) in [6.07, 6.45) is 3.99. The maximum atomic E-state index is 13.1. The molecule has 1 atom stereocenters. The predicted molar refractivity (Wildman–Crippen MR) is 147 cm³/mol. The molecule has 0 spiro atoms. The average molecular weight is 517 g/mol. The van der Waals surface area contributed by atoms with Crippen molar-refractivity contribution in [3.8, 4) is 6.07 Å². The fraction of sp³-hybridized carbons (Fsp3) is 0.414. The van der Waals surface area contributed by atoms with Gasteiger partial charge in [-0.15, -0.1) is 0 Å². The van der Waals surface area contributed by atoms with Crippen LogP contribution in [0.4, 0.5) is 0 Å². The number of nitrogens with zero attached hydrogens (tertiary/aromatic N) is 2. The molecule has 1 fully saturated rings. The van der Waals surface area contributed by atoms with Crippen LogP contribution in [0, 0.1) is 18.3 Å². The normalized spacial score (nSPS) is 14.9. The Bertz CT molecular complexity index is 1150. The molecule has 1 aliphatic heterocycles. The van der Waals surface area contributed by atoms with E-state index in [9.17, 15) is 24.9 Å². The second-order valence-corrected chi connectivity index (χ2v) is 9.63. The third-order valence-electron chi connectivity index (χ3n) is 6.77. The highest BCUT2D eigenvalue weighted by Crippen LogP contribution is 2.19. The number of amides is 2. The van der Waals surface area contributed by atoms with Crippen molar-refractivity contribution >= 4 is 25.0 Å². The summed E-state index contributed by atoms with van der Waals surface area (Å²) < 4.78 is 5.40. The van der Waals surface area contributed by atoms with Crippen molar-refractivity contribution in [2.75, 3.05) is 19.8 Å². The van der Waals surface area contributed by atoms with Crippen molar-refractivity contribution < 1.29 is 24.4 Å². The Kier molecular flexibility index (Phi) is 11.1. The molecule has 2 aromatic carbocycles. The molecule has 9 heteroatoms. The van der Waals surface area contributed by atoms with Crippen LogP contribution in [-0.2, 0) is 27.2 Å². The Labute approximate surface area is 225 Å². The summed E-state index contributed by atoms with van der Waals surface area (Å²) in [5.41, 5.74) is 3.65. The smallest absolute Gasteiger partial charge is 0.426 e. The highest BCUT2D eigenvalue weighted by Gasteiger charge is 2.27. The fourth-order valence-electron chi connectivity index (χ4n) is 4.61. The van der Waals surface area contributed by atoms with Gasteiger partial charge in [0.25, 0.3) is 5.91 Å². The highest BCUT2D eigenvalue weighted by molar-refractivity contribution is 6.43. The standard InChI is InChI=1S/C29H36BN3O5/c1-3-33(26-13-15-38-16-14-26)29(35)25(20-31)18-24-6-4-5-22(17-24)11-12-28(34)32-27(30(36)37)19-23-9-7-21(2)8-10-23/h4-10,17-18,26-27,36-37H,3,11-16,19H2,1-2H3,(H,32,34)/t27-/m0/s1. The van der Waals surface area contributed by atoms with Gasteiger partial charge >= 0.3 is 7.12 Å². The molecule has 0 saturated carbocycles. The third kappa shape index (κ3) is 8.56. The van der Waals surface area contributed by atoms with E-state index in [1.165, 1.54) is 0 Å². The third-order valence-corrected chi connectivity index (χ3v) is 6.77. The van der Waals surface area contributed by atoms with E-state index < -0.39 is 13.1 Å². The summed E-state index contributed by atoms with van der Waals surface area (Å²) in [7, 11) is -1.68. The Balaban J connectivity index is 1.61. The predicted octanol–water partition coefficient (Wildman–Crippen LogP) is 2.60. The Morgan fingerprint density at radius 2 is 1.89 bits per heavy atom. The minimum Gasteiger partial charge on any atom is -0.426 e. The van der Waals surface area contributed by atoms with Crippen molar-refractivity contribution in [3.63, 3.8) is 0 Å². The van der Waals surface area contributed by atoms with Crippen molar-refractivity contribution in [1.29, 1.82) is 5.26 Å². The van der Waals surface area contributed by atoms with Gasteiger partial charge in [0, 0.05) is 32.2 Å². The molecule has 1 aliphatic rings. The van der Waals surface area contributed by atoms with Crippen LogP contribution in [0.25, 0.3) is 6.08 Å². The monoisotopic (exact) mass is 517 g/mol. The highest BCUT2D eigenvalue weighted by atomic mass is 16.5. The van der Waals surface area contributed by atoms with E-state index >= 15 is 0 Å². The SMILES string of the molecule is CCN(C(=O)C(C#N)=Cc1cccc(CCC(=O)N[C@@H](Cc2ccc(C)cc2)B(O)O)c1)C1CCOCC1. The topological polar surface area (TPSA) is 123 Å². The molecular formula is C29H36BN3O5. The van der Waals surface area contributed by atoms with Crippen LogP contribution in [0.15, 0.2) is 54.1 Å². The number of likely N-dealkylation sites (N-methyl/N-ethyl adjacent to an activating group) is 1. The molecule has 8 nitrogen and oxygen atoms in total. The largest absolute Gasteiger partial charge is 0.475 e. The first kappa shape index (κ1) is 29.1. The summed E-state index contributed by atoms with van der Waals surface area (Å²) in [5, 5.41) is 32.0. The minimum absolute atomic E-state index is 0.0649. The molecule has 2 aromatic rings. The Morgan fingerprint density at radius 3 is 2.53 bits per heavy atom. The van der Waals surface area contributed by atoms with Gasteiger partial charge in [0.2, 0.25) is 5.91 Å². The Hall–Kier alpha value is -3.45. The van der Waals surface area contributed by atoms with Crippen molar-refractivity contribution in [2.24, 2.45) is 0 Å². The maximum absolute atomic E-state index is 13.1. The van der Waals surface area contributed by atoms with Gasteiger partial charge in [-0.1, -0.05) is 54.1 Å². The molecule has 38 heavy (non-hydrogen) atoms. The number of ether oxygens (including phenoxy) is 1. The van der Waals surface area contributed by atoms with Crippen LogP contribution in [0.3, 0.4) is 0 Å². The number of carbonyl (C=O) groups is 2. The van der Waals surface area contributed by atoms with Gasteiger partial charge in [-0.2, -0.15) is 5.26 Å². The molecule has 0 bridgehead atoms. The second-order valence-electron chi connectivity index (χ2n) is 9.63. The van der Waals surface area contributed by atoms with E-state index in [0.29, 0.717) is 38.2 Å². The van der Waals surface area contributed by atoms with E-state index in [4.69, 9.17) is 4.74 Å². The molecule has 3 rings (SSSR count). The molecule has 0 radical (unpaired) electrons. The van der Waals surface area contributed by atoms with Gasteiger partial charge in [0.15, 0.2) is 0 Å². The molecule has 1 heterocycles. The van der Waals surface area contributed by atoms with Gasteiger partial charge in [0.05, 0.1) is 5.94 Å². The number of carbonyl (C=O) groups excluding carboxylic acids is 2. The average Bonchev–Trinajstić information content (AvgIpc) is 2.92. The van der Waals surface area contributed by atoms with Gasteiger partial charge in [0.1, 0.15) is 11.6 Å². The molecule has 0 unspecified atom stereocenters. The van der Waals surface area contributed by atoms with Gasteiger partial charge < -0.3 is 25.0 Å². The summed E-state index contributed by atoms with van der Waals surface area (Å²) in [6.45, 7) is 5.63. The zero-order valence-electron chi connectivity index (χ0n) is 22.1. The number of hydrogen-bond acceptors (Lipinski definition) is 6. The van der Waals surface area contributed by atoms with Crippen molar-refractivity contribution in [1.82, 2.24) is 10.2 Å². The number of benzene rings is 2. The second kappa shape index (κ2) is 14.5. The lowest BCUT2D eigenvalue weighted by Crippen LogP contribution is -2.47. The number of nitriles is 1. The van der Waals surface area contributed by atoms with E-state index in [-0.39, 0.29) is 29.9 Å². The lowest BCUT2D eigenvalue weighted by Gasteiger charge is -2.33. The molecule has 1 saturated heterocycles. The minimum atomic E-state index is -1.68. The molecule has 200 valence electrons. The number of hydrogen-bond donors (Lipinski definition) is 3. The van der Waals surface area contributed by atoms with Crippen LogP contribution < -0.4 is 5.32 Å². The Morgan fingerprint density at radius 1 is 1.18 bits per heavy atom. The van der Waals surface area contributed by atoms with E-state index in [1.54, 1.807) is 11.0 Å². The first-order valence-corrected chi connectivity index (χ1v) is 13.1. The zero-order valence-corrected chi connectivity index (χ0v) is 22.1. The first-order chi connectivity index (χ1) is 18.3. The summed E-state index contributed by atoms with van der Waals surface area (Å²) in [6, 6.07) is 17.2. The van der Waals surface area contributed by atoms with E-state index in [2.05, 4.69) is 11.4 Å². The molecule has 0 aliphatic carbocycles. The van der Waals surface area contributed by atoms with Crippen LogP contribution in [0.5, 0.6) is 0 Å². The number of nitrogens with one attached hydrogen (secondary N) is 1. The number of rotatable bonds is 11. The lowest BCUT2D eigenvalue weighted by atomic mass is 9.75. The van der Waals surface area contributed by atoms with Gasteiger partial charge in [-0.25, -0.2) is 0 Å². The molecule has 3 N–H and O–H groups in total. The van der Waals surface area contributed by atoms with Crippen LogP contribution in [0.1, 0.15) is 48.4 Å². The summed E-state index contributed by atoms with van der Waals surface area (Å²) >= 11 is 0. The lowest BCUT2D eigenvalue weighted by molar-refractivity contribution is -0.130. The molecule has 2 amide bonds. The molecule has 0 aromatic heterocycles. The summed E-state index contributed by atoms with van der Waals surface area (Å²) in [4.78, 5) is 27.4. The fourth-order valence-corrected chi connectivity index (χ4v) is 4.61. The summed E-state index contributed by atoms with van der Waals surface area (Å²) in [5.74, 6) is -1.39. The van der Waals surface area contributed by atoms with Crippen LogP contribution in [-0.4, -0.2) is 65.6 Å². The van der Waals surface area contributed by atoms with Gasteiger partial charge in [-0.3, -0.25) is 9.59 Å². The van der Waals surface area contributed by atoms with Crippen LogP contribution >= 0.6 is 0 Å². The van der Waals surface area contributed by atoms with E-state index in [0.717, 1.165) is 29.5 Å². The van der Waals surface area contributed by atoms with Crippen LogP contribution in [0.2, 0.25) is 0 Å². The van der Waals surface area contributed by atoms with Crippen molar-refractivity contribution in [2.45, 2.75) is 57.9 Å². The van der Waals surface area contributed by atoms with E-state index in [1.807, 2.05) is 62.4 Å². The quantitative estimate of drug-likeness (QED) is 0.239. The molecular weight excluding hydrogens is 481 g/mol. The number of aryl methyl sites for hydroxylation is 2. The first-order valence-electron chi connectivity index (χ1n) is 13.1. The van der Waals surface area contributed by atoms with Crippen molar-refractivity contribution in [3.05, 3.63) is 76.4 Å². The van der Waals surface area contributed by atoms with Gasteiger partial charge in [-0.05, 0) is 62.3 Å². The maximum Gasteiger partial charge on any atom is 0.475 e.